The summed E-state index contributed by atoms with van der Waals surface area (Å²) in [6.45, 7) is 10.7. The SMILES string of the molecule is C[Si](=[Zr+2])CCC(F)(F)F.Cc1cc(C)cc(-c2cccc3[cH-]c(CC4CCCCCC4)cc23)c1.Cc1cc(C)cc(-c2cccc3[cH-]c(CC4CCCCCC4)cc23)c1.[Cl-].[Cl-]. The molecule has 6 aromatic rings. The number of hydrogen-bond donors (Lipinski definition) is 0. The Bertz CT molecular complexity index is 2100. The van der Waals surface area contributed by atoms with Crippen molar-refractivity contribution in [2.24, 2.45) is 11.8 Å². The van der Waals surface area contributed by atoms with E-state index in [-0.39, 0.29) is 24.8 Å². The van der Waals surface area contributed by atoms with Crippen molar-refractivity contribution in [3.05, 3.63) is 130 Å². The van der Waals surface area contributed by atoms with Crippen LogP contribution >= 0.6 is 0 Å². The third-order valence-corrected chi connectivity index (χ3v) is 15.3. The van der Waals surface area contributed by atoms with Crippen LogP contribution in [0.5, 0.6) is 0 Å². The van der Waals surface area contributed by atoms with Crippen LogP contribution < -0.4 is 24.8 Å². The molecular weight excluding hydrogens is 896 g/mol. The quantitative estimate of drug-likeness (QED) is 0.0810. The van der Waals surface area contributed by atoms with E-state index < -0.39 is 18.0 Å². The number of halogens is 5. The Kier molecular flexibility index (Phi) is 20.6. The average Bonchev–Trinajstić information content (AvgIpc) is 3.56. The molecule has 2 saturated carbocycles. The number of aryl methyl sites for hydroxylation is 4. The Balaban J connectivity index is 0.000000219. The summed E-state index contributed by atoms with van der Waals surface area (Å²) >= 11 is 1.29. The number of hydrogen-bond acceptors (Lipinski definition) is 0. The van der Waals surface area contributed by atoms with Gasteiger partial charge in [0.1, 0.15) is 0 Å². The summed E-state index contributed by atoms with van der Waals surface area (Å²) in [7, 11) is 0. The van der Waals surface area contributed by atoms with Gasteiger partial charge >= 0.3 is 67.1 Å². The minimum Gasteiger partial charge on any atom is -1.00 e. The van der Waals surface area contributed by atoms with Crippen molar-refractivity contribution < 1.29 is 61.3 Å². The molecule has 0 amide bonds. The molecule has 0 atom stereocenters. The Hall–Kier alpha value is -2.43. The summed E-state index contributed by atoms with van der Waals surface area (Å²) < 4.78 is 34.3. The van der Waals surface area contributed by atoms with E-state index >= 15 is 0 Å². The second-order valence-corrected chi connectivity index (χ2v) is 26.5. The van der Waals surface area contributed by atoms with Gasteiger partial charge < -0.3 is 24.8 Å². The standard InChI is InChI=1S/2C25H29.C4H7F3Si.2ClH.Zr/c2*1-18-12-19(2)14-23(13-18)24-11-7-10-22-16-21(17-25(22)24)15-20-8-5-3-4-6-9-20;1-8-3-2-4(5,6)7;;;/h2*7,10-14,16-17,20H,3-6,8-9,15H2,1-2H3;2-3H2,1H3;2*1H;/q2*-1;;;;+2/p-2. The number of alkyl halides is 3. The topological polar surface area (TPSA) is 0 Å². The fraction of sp³-hybridized carbons (Fsp3) is 0.444. The molecule has 0 heterocycles. The molecule has 326 valence electrons. The minimum atomic E-state index is -3.93. The Labute approximate surface area is 392 Å². The molecule has 2 fully saturated rings. The molecule has 2 aliphatic rings. The predicted molar refractivity (Wildman–Crippen MR) is 246 cm³/mol. The van der Waals surface area contributed by atoms with Crippen molar-refractivity contribution in [3.8, 4) is 22.3 Å². The fourth-order valence-corrected chi connectivity index (χ4v) is 11.3. The van der Waals surface area contributed by atoms with Crippen LogP contribution in [0.3, 0.4) is 0 Å². The van der Waals surface area contributed by atoms with Gasteiger partial charge in [0.2, 0.25) is 0 Å². The van der Waals surface area contributed by atoms with E-state index in [1.165, 1.54) is 179 Å². The average molecular weight is 961 g/mol. The molecule has 0 bridgehead atoms. The van der Waals surface area contributed by atoms with E-state index in [0.717, 1.165) is 11.8 Å². The van der Waals surface area contributed by atoms with Gasteiger partial charge in [0.25, 0.3) is 0 Å². The zero-order valence-corrected chi connectivity index (χ0v) is 42.1. The summed E-state index contributed by atoms with van der Waals surface area (Å²) in [5, 5.41) is 5.66. The largest absolute Gasteiger partial charge is 1.00 e. The van der Waals surface area contributed by atoms with E-state index in [9.17, 15) is 13.2 Å². The van der Waals surface area contributed by atoms with Crippen molar-refractivity contribution in [1.29, 1.82) is 0 Å². The van der Waals surface area contributed by atoms with E-state index in [1.54, 1.807) is 11.1 Å². The van der Waals surface area contributed by atoms with Crippen LogP contribution in [0.1, 0.15) is 117 Å². The number of rotatable bonds is 8. The van der Waals surface area contributed by atoms with Crippen molar-refractivity contribution in [3.63, 3.8) is 0 Å². The Morgan fingerprint density at radius 2 is 0.918 bits per heavy atom. The molecule has 0 aliphatic heterocycles. The van der Waals surface area contributed by atoms with Gasteiger partial charge in [-0.15, -0.1) is 69.1 Å². The van der Waals surface area contributed by atoms with Crippen LogP contribution in [0.15, 0.2) is 97.1 Å². The number of benzene rings is 4. The first-order valence-corrected chi connectivity index (χ1v) is 28.3. The maximum absolute atomic E-state index is 11.4. The predicted octanol–water partition coefficient (Wildman–Crippen LogP) is 10.8. The molecule has 0 saturated heterocycles. The van der Waals surface area contributed by atoms with Crippen LogP contribution in [0.4, 0.5) is 13.2 Å². The van der Waals surface area contributed by atoms with Gasteiger partial charge in [0, 0.05) is 0 Å². The fourth-order valence-electron chi connectivity index (χ4n) is 9.73. The smallest absolute Gasteiger partial charge is 0.0274 e. The van der Waals surface area contributed by atoms with E-state index in [0.29, 0.717) is 6.04 Å². The molecule has 0 nitrogen and oxygen atoms in total. The zero-order valence-electron chi connectivity index (χ0n) is 37.1. The van der Waals surface area contributed by atoms with Crippen molar-refractivity contribution in [2.75, 3.05) is 0 Å². The maximum Gasteiger partial charge on any atom is -0.0274 e. The second-order valence-electron chi connectivity index (χ2n) is 18.1. The Morgan fingerprint density at radius 3 is 1.23 bits per heavy atom. The normalized spacial score (nSPS) is 15.0. The van der Waals surface area contributed by atoms with Gasteiger partial charge in [-0.25, -0.2) is 0 Å². The third kappa shape index (κ3) is 16.0. The van der Waals surface area contributed by atoms with E-state index in [4.69, 9.17) is 0 Å². The molecule has 0 N–H and O–H groups in total. The summed E-state index contributed by atoms with van der Waals surface area (Å²) in [5.41, 5.74) is 13.3. The molecule has 8 rings (SSSR count). The maximum atomic E-state index is 11.4. The van der Waals surface area contributed by atoms with Crippen molar-refractivity contribution in [2.45, 2.75) is 143 Å². The molecule has 2 aliphatic carbocycles. The summed E-state index contributed by atoms with van der Waals surface area (Å²) in [6, 6.07) is 37.5. The first kappa shape index (κ1) is 51.2. The molecule has 0 radical (unpaired) electrons. The van der Waals surface area contributed by atoms with E-state index in [2.05, 4.69) is 125 Å². The van der Waals surface area contributed by atoms with Crippen LogP contribution in [-0.4, -0.2) is 11.6 Å². The zero-order chi connectivity index (χ0) is 41.9. The minimum absolute atomic E-state index is 0. The first-order valence-electron chi connectivity index (χ1n) is 22.4. The van der Waals surface area contributed by atoms with Gasteiger partial charge in [0.15, 0.2) is 0 Å². The van der Waals surface area contributed by atoms with Gasteiger partial charge in [-0.1, -0.05) is 159 Å². The van der Waals surface area contributed by atoms with Gasteiger partial charge in [-0.05, 0) is 63.5 Å². The monoisotopic (exact) mass is 958 g/mol. The molecule has 6 aromatic carbocycles. The van der Waals surface area contributed by atoms with E-state index in [1.807, 2.05) is 6.55 Å². The molecule has 0 unspecified atom stereocenters. The van der Waals surface area contributed by atoms with Crippen molar-refractivity contribution in [1.82, 2.24) is 0 Å². The molecule has 0 spiro atoms. The van der Waals surface area contributed by atoms with Crippen LogP contribution in [0, 0.1) is 39.5 Å². The second kappa shape index (κ2) is 24.6. The summed E-state index contributed by atoms with van der Waals surface area (Å²) in [5.74, 6) is 1.79. The van der Waals surface area contributed by atoms with Gasteiger partial charge in [-0.2, -0.15) is 12.1 Å². The molecule has 0 aromatic heterocycles. The third-order valence-electron chi connectivity index (χ3n) is 12.5. The molecule has 61 heavy (non-hydrogen) atoms. The van der Waals surface area contributed by atoms with Crippen LogP contribution in [0.2, 0.25) is 12.6 Å². The van der Waals surface area contributed by atoms with Crippen LogP contribution in [0.25, 0.3) is 43.8 Å². The van der Waals surface area contributed by atoms with Crippen LogP contribution in [-0.2, 0) is 36.2 Å². The Morgan fingerprint density at radius 1 is 0.557 bits per heavy atom. The molecular formula is C54H65Cl2F3SiZr-2. The molecule has 7 heteroatoms. The van der Waals surface area contributed by atoms with Crippen molar-refractivity contribution >= 4 is 27.0 Å². The van der Waals surface area contributed by atoms with Gasteiger partial charge in [-0.3, -0.25) is 0 Å². The summed E-state index contributed by atoms with van der Waals surface area (Å²) in [6.07, 6.45) is 15.2. The van der Waals surface area contributed by atoms with Gasteiger partial charge in [0.05, 0.1) is 0 Å². The number of fused-ring (bicyclic) bond motifs is 2. The first-order chi connectivity index (χ1) is 28.3. The summed E-state index contributed by atoms with van der Waals surface area (Å²) in [4.78, 5) is 0.